The molecule has 1 aromatic carbocycles. The maximum absolute atomic E-state index is 13.8. The van der Waals surface area contributed by atoms with Crippen LogP contribution in [0.3, 0.4) is 0 Å². The predicted molar refractivity (Wildman–Crippen MR) is 105 cm³/mol. The van der Waals surface area contributed by atoms with Gasteiger partial charge in [-0.05, 0) is 30.3 Å². The zero-order valence-corrected chi connectivity index (χ0v) is 15.3. The Balaban J connectivity index is 0.00000126. The Kier molecular flexibility index (Phi) is 7.87. The number of benzene rings is 1. The van der Waals surface area contributed by atoms with Crippen LogP contribution in [0.15, 0.2) is 72.2 Å². The number of nitrogens with zero attached hydrogens (tertiary/aromatic N) is 3. The lowest BCUT2D eigenvalue weighted by Gasteiger charge is -2.08. The van der Waals surface area contributed by atoms with Crippen molar-refractivity contribution in [3.63, 3.8) is 0 Å². The van der Waals surface area contributed by atoms with Crippen molar-refractivity contribution in [2.75, 3.05) is 11.8 Å². The van der Waals surface area contributed by atoms with Crippen LogP contribution in [0.2, 0.25) is 0 Å². The first-order valence-corrected chi connectivity index (χ1v) is 8.56. The first kappa shape index (κ1) is 20.0. The van der Waals surface area contributed by atoms with Crippen LogP contribution in [0.4, 0.5) is 10.1 Å². The molecule has 138 valence electrons. The minimum absolute atomic E-state index is 0.321. The molecule has 0 aliphatic rings. The molecule has 3 aromatic rings. The molecule has 3 rings (SSSR count). The van der Waals surface area contributed by atoms with Crippen molar-refractivity contribution >= 4 is 29.2 Å². The number of pyridine rings is 2. The number of rotatable bonds is 6. The van der Waals surface area contributed by atoms with E-state index in [4.69, 9.17) is 10.1 Å². The van der Waals surface area contributed by atoms with Crippen LogP contribution in [-0.4, -0.2) is 28.3 Å². The van der Waals surface area contributed by atoms with Crippen molar-refractivity contribution in [1.82, 2.24) is 9.97 Å². The van der Waals surface area contributed by atoms with Gasteiger partial charge in [-0.1, -0.05) is 6.07 Å². The summed E-state index contributed by atoms with van der Waals surface area (Å²) < 4.78 is 19.4. The molecule has 0 radical (unpaired) electrons. The third kappa shape index (κ3) is 6.16. The Hall–Kier alpha value is -3.32. The van der Waals surface area contributed by atoms with E-state index in [-0.39, 0.29) is 0 Å². The molecule has 0 bridgehead atoms. The smallest absolute Gasteiger partial charge is 0.190 e. The van der Waals surface area contributed by atoms with Crippen LogP contribution >= 0.6 is 11.6 Å². The van der Waals surface area contributed by atoms with Gasteiger partial charge in [0.25, 0.3) is 0 Å². The third-order valence-corrected chi connectivity index (χ3v) is 3.13. The monoisotopic (exact) mass is 386 g/mol. The van der Waals surface area contributed by atoms with E-state index in [0.29, 0.717) is 28.6 Å². The minimum Gasteiger partial charge on any atom is -0.456 e. The van der Waals surface area contributed by atoms with Gasteiger partial charge in [-0.25, -0.2) is 4.39 Å². The van der Waals surface area contributed by atoms with Crippen LogP contribution < -0.4 is 15.6 Å². The van der Waals surface area contributed by atoms with E-state index < -0.39 is 5.82 Å². The number of hydrogen-bond acceptors (Lipinski definition) is 5. The standard InChI is InChI=1S/C18H14FN5O.CH3Cl/c19-13-8-14(10-16(9-13)25-15-4-3-6-21-12-15)23-24-18(11-20)17-5-1-2-7-22-17;1-2/h1-12,20,23H;1H3/p+1/b20-11?,24-18+;. The van der Waals surface area contributed by atoms with E-state index in [2.05, 4.69) is 32.1 Å². The summed E-state index contributed by atoms with van der Waals surface area (Å²) in [6.07, 6.45) is 7.60. The van der Waals surface area contributed by atoms with Crippen LogP contribution in [0.5, 0.6) is 11.5 Å². The van der Waals surface area contributed by atoms with Crippen molar-refractivity contribution in [1.29, 1.82) is 0 Å². The molecule has 0 saturated carbocycles. The van der Waals surface area contributed by atoms with Gasteiger partial charge in [0.05, 0.1) is 17.6 Å². The Morgan fingerprint density at radius 2 is 2.00 bits per heavy atom. The molecule has 0 spiro atoms. The molecule has 2 aromatic heterocycles. The molecule has 0 saturated heterocycles. The number of alkyl halides is 1. The molecule has 3 N–H and O–H groups in total. The number of halogens is 2. The van der Waals surface area contributed by atoms with Crippen molar-refractivity contribution in [3.8, 4) is 11.5 Å². The van der Waals surface area contributed by atoms with Gasteiger partial charge >= 0.3 is 0 Å². The highest BCUT2D eigenvalue weighted by Gasteiger charge is 2.06. The van der Waals surface area contributed by atoms with Crippen LogP contribution in [0, 0.1) is 5.82 Å². The molecule has 27 heavy (non-hydrogen) atoms. The van der Waals surface area contributed by atoms with Crippen LogP contribution in [0.1, 0.15) is 5.69 Å². The van der Waals surface area contributed by atoms with Gasteiger partial charge in [-0.2, -0.15) is 5.10 Å². The molecule has 0 amide bonds. The van der Waals surface area contributed by atoms with Gasteiger partial charge < -0.3 is 4.74 Å². The molecule has 0 aliphatic heterocycles. The molecular formula is C19H18ClFN5O+. The molecule has 0 unspecified atom stereocenters. The number of nitrogens with two attached hydrogens (primary N) is 1. The Morgan fingerprint density at radius 3 is 2.67 bits per heavy atom. The van der Waals surface area contributed by atoms with Crippen molar-refractivity contribution < 1.29 is 14.5 Å². The first-order chi connectivity index (χ1) is 13.2. The lowest BCUT2D eigenvalue weighted by molar-refractivity contribution is -0.102. The zero-order chi connectivity index (χ0) is 19.5. The van der Waals surface area contributed by atoms with Crippen molar-refractivity contribution in [3.05, 3.63) is 78.6 Å². The highest BCUT2D eigenvalue weighted by molar-refractivity contribution is 6.35. The van der Waals surface area contributed by atoms with Gasteiger partial charge in [0.15, 0.2) is 11.9 Å². The van der Waals surface area contributed by atoms with Gasteiger partial charge in [-0.3, -0.25) is 20.8 Å². The average molecular weight is 387 g/mol. The second-order valence-corrected chi connectivity index (χ2v) is 4.96. The fourth-order valence-electron chi connectivity index (χ4n) is 2.05. The Labute approximate surface area is 161 Å². The number of anilines is 1. The largest absolute Gasteiger partial charge is 0.456 e. The fraction of sp³-hybridized carbons (Fsp3) is 0.0526. The summed E-state index contributed by atoms with van der Waals surface area (Å²) in [5, 5.41) is 9.75. The van der Waals surface area contributed by atoms with Crippen molar-refractivity contribution in [2.45, 2.75) is 0 Å². The highest BCUT2D eigenvalue weighted by atomic mass is 35.5. The molecule has 0 aliphatic carbocycles. The fourth-order valence-corrected chi connectivity index (χ4v) is 2.05. The van der Waals surface area contributed by atoms with Crippen LogP contribution in [-0.2, 0) is 0 Å². The average Bonchev–Trinajstić information content (AvgIpc) is 2.71. The van der Waals surface area contributed by atoms with Crippen molar-refractivity contribution in [2.24, 2.45) is 5.10 Å². The van der Waals surface area contributed by atoms with Gasteiger partial charge in [0.1, 0.15) is 17.3 Å². The van der Waals surface area contributed by atoms with E-state index >= 15 is 0 Å². The molecule has 0 atom stereocenters. The second kappa shape index (κ2) is 10.6. The SMILES string of the molecule is CCl.[NH2+]=C/C(=N\Nc1cc(F)cc(Oc2cccnc2)c1)c1ccccn1. The summed E-state index contributed by atoms with van der Waals surface area (Å²) >= 11 is 4.64. The Bertz CT molecular complexity index is 891. The number of hydrazone groups is 1. The lowest BCUT2D eigenvalue weighted by Crippen LogP contribution is -2.35. The molecule has 8 heteroatoms. The van der Waals surface area contributed by atoms with Gasteiger partial charge in [0.2, 0.25) is 0 Å². The molecule has 2 heterocycles. The third-order valence-electron chi connectivity index (χ3n) is 3.13. The molecule has 0 fully saturated rings. The summed E-state index contributed by atoms with van der Waals surface area (Å²) in [5.74, 6) is 0.365. The molecule has 6 nitrogen and oxygen atoms in total. The van der Waals surface area contributed by atoms with E-state index in [1.807, 2.05) is 6.07 Å². The molecular weight excluding hydrogens is 369 g/mol. The Morgan fingerprint density at radius 1 is 1.15 bits per heavy atom. The number of nitrogens with one attached hydrogen (secondary N) is 1. The number of aromatic nitrogens is 2. The summed E-state index contributed by atoms with van der Waals surface area (Å²) in [5.41, 5.74) is 4.20. The second-order valence-electron chi connectivity index (χ2n) is 4.96. The van der Waals surface area contributed by atoms with E-state index in [1.165, 1.54) is 24.7 Å². The summed E-state index contributed by atoms with van der Waals surface area (Å²) in [6.45, 7) is 0. The minimum atomic E-state index is -0.463. The number of hydrogen-bond donors (Lipinski definition) is 2. The predicted octanol–water partition coefficient (Wildman–Crippen LogP) is 2.91. The lowest BCUT2D eigenvalue weighted by atomic mass is 10.2. The van der Waals surface area contributed by atoms with Crippen LogP contribution in [0.25, 0.3) is 0 Å². The summed E-state index contributed by atoms with van der Waals surface area (Å²) in [7, 11) is 0. The zero-order valence-electron chi connectivity index (χ0n) is 14.5. The quantitative estimate of drug-likeness (QED) is 0.387. The van der Waals surface area contributed by atoms with E-state index in [9.17, 15) is 4.39 Å². The van der Waals surface area contributed by atoms with Gasteiger partial charge in [0, 0.05) is 30.9 Å². The maximum Gasteiger partial charge on any atom is 0.190 e. The summed E-state index contributed by atoms with van der Waals surface area (Å²) in [6, 6.07) is 13.0. The highest BCUT2D eigenvalue weighted by Crippen LogP contribution is 2.25. The number of ether oxygens (including phenoxy) is 1. The maximum atomic E-state index is 13.8. The van der Waals surface area contributed by atoms with E-state index in [0.717, 1.165) is 0 Å². The first-order valence-electron chi connectivity index (χ1n) is 7.81. The van der Waals surface area contributed by atoms with E-state index in [1.54, 1.807) is 48.9 Å². The topological polar surface area (TPSA) is 85.0 Å². The summed E-state index contributed by atoms with van der Waals surface area (Å²) in [4.78, 5) is 8.11. The van der Waals surface area contributed by atoms with Gasteiger partial charge in [-0.15, -0.1) is 11.6 Å². The normalized spacial score (nSPS) is 10.4.